The maximum absolute atomic E-state index is 5.48. The number of nitrogens with two attached hydrogens (primary N) is 1. The zero-order valence-electron chi connectivity index (χ0n) is 8.34. The molecular weight excluding hydrogens is 190 g/mol. The summed E-state index contributed by atoms with van der Waals surface area (Å²) in [6.07, 6.45) is 1.66. The monoisotopic (exact) mass is 201 g/mol. The molecule has 1 aromatic heterocycles. The molecule has 0 atom stereocenters. The number of hydrogen-bond acceptors (Lipinski definition) is 4. The molecule has 2 N–H and O–H groups in total. The fourth-order valence-electron chi connectivity index (χ4n) is 1.35. The third-order valence-corrected chi connectivity index (χ3v) is 2.05. The van der Waals surface area contributed by atoms with Gasteiger partial charge in [0.1, 0.15) is 0 Å². The van der Waals surface area contributed by atoms with Crippen molar-refractivity contribution in [2.24, 2.45) is 0 Å². The lowest BCUT2D eigenvalue weighted by molar-refractivity contribution is 0.399. The van der Waals surface area contributed by atoms with E-state index in [1.54, 1.807) is 13.3 Å². The van der Waals surface area contributed by atoms with Crippen LogP contribution in [0.4, 0.5) is 5.95 Å². The van der Waals surface area contributed by atoms with Crippen LogP contribution in [0.15, 0.2) is 36.5 Å². The van der Waals surface area contributed by atoms with E-state index in [0.717, 1.165) is 11.1 Å². The normalized spacial score (nSPS) is 9.93. The van der Waals surface area contributed by atoms with E-state index in [9.17, 15) is 0 Å². The smallest absolute Gasteiger partial charge is 0.225 e. The van der Waals surface area contributed by atoms with Crippen molar-refractivity contribution in [2.75, 3.05) is 12.8 Å². The average molecular weight is 201 g/mol. The summed E-state index contributed by atoms with van der Waals surface area (Å²) >= 11 is 0. The number of nitrogen functional groups attached to an aromatic ring is 1. The molecule has 0 aliphatic rings. The number of anilines is 1. The lowest BCUT2D eigenvalue weighted by Gasteiger charge is -2.06. The predicted molar refractivity (Wildman–Crippen MR) is 58.4 cm³/mol. The molecule has 0 aliphatic carbocycles. The Balaban J connectivity index is 2.53. The van der Waals surface area contributed by atoms with Crippen molar-refractivity contribution in [3.63, 3.8) is 0 Å². The van der Waals surface area contributed by atoms with E-state index < -0.39 is 0 Å². The molecule has 0 saturated carbocycles. The Hall–Kier alpha value is -2.10. The van der Waals surface area contributed by atoms with Crippen molar-refractivity contribution in [2.45, 2.75) is 0 Å². The van der Waals surface area contributed by atoms with Gasteiger partial charge in [0.05, 0.1) is 12.7 Å². The fraction of sp³-hybridized carbons (Fsp3) is 0.0909. The number of rotatable bonds is 2. The van der Waals surface area contributed by atoms with E-state index in [0.29, 0.717) is 5.88 Å². The van der Waals surface area contributed by atoms with E-state index in [4.69, 9.17) is 10.5 Å². The third-order valence-electron chi connectivity index (χ3n) is 2.05. The maximum atomic E-state index is 5.48. The van der Waals surface area contributed by atoms with Gasteiger partial charge in [-0.25, -0.2) is 4.98 Å². The van der Waals surface area contributed by atoms with Gasteiger partial charge in [0.2, 0.25) is 11.8 Å². The second-order valence-corrected chi connectivity index (χ2v) is 3.02. The van der Waals surface area contributed by atoms with Crippen molar-refractivity contribution in [1.82, 2.24) is 9.97 Å². The SMILES string of the molecule is COc1nc(N)ncc1-c1ccccc1. The molecule has 1 aromatic carbocycles. The first-order chi connectivity index (χ1) is 7.31. The Kier molecular flexibility index (Phi) is 2.49. The minimum Gasteiger partial charge on any atom is -0.480 e. The molecule has 15 heavy (non-hydrogen) atoms. The average Bonchev–Trinajstić information content (AvgIpc) is 2.30. The molecular formula is C11H11N3O. The summed E-state index contributed by atoms with van der Waals surface area (Å²) in [5, 5.41) is 0. The minimum absolute atomic E-state index is 0.214. The van der Waals surface area contributed by atoms with E-state index in [1.165, 1.54) is 0 Å². The van der Waals surface area contributed by atoms with Crippen LogP contribution in [0.25, 0.3) is 11.1 Å². The number of methoxy groups -OCH3 is 1. The second kappa shape index (κ2) is 3.96. The summed E-state index contributed by atoms with van der Waals surface area (Å²) in [7, 11) is 1.56. The standard InChI is InChI=1S/C11H11N3O/c1-15-10-9(7-13-11(12)14-10)8-5-3-2-4-6-8/h2-7H,1H3,(H2,12,13,14). The van der Waals surface area contributed by atoms with Gasteiger partial charge in [0.15, 0.2) is 0 Å². The highest BCUT2D eigenvalue weighted by molar-refractivity contribution is 5.68. The van der Waals surface area contributed by atoms with Gasteiger partial charge in [-0.2, -0.15) is 4.98 Å². The molecule has 0 bridgehead atoms. The van der Waals surface area contributed by atoms with Crippen molar-refractivity contribution in [3.8, 4) is 17.0 Å². The summed E-state index contributed by atoms with van der Waals surface area (Å²) in [4.78, 5) is 7.96. The minimum atomic E-state index is 0.214. The van der Waals surface area contributed by atoms with Crippen LogP contribution in [-0.2, 0) is 0 Å². The molecule has 4 nitrogen and oxygen atoms in total. The molecule has 0 unspecified atom stereocenters. The van der Waals surface area contributed by atoms with Crippen LogP contribution >= 0.6 is 0 Å². The molecule has 76 valence electrons. The van der Waals surface area contributed by atoms with Crippen molar-refractivity contribution < 1.29 is 4.74 Å². The maximum Gasteiger partial charge on any atom is 0.225 e. The Morgan fingerprint density at radius 2 is 1.93 bits per heavy atom. The fourth-order valence-corrected chi connectivity index (χ4v) is 1.35. The van der Waals surface area contributed by atoms with Crippen LogP contribution < -0.4 is 10.5 Å². The zero-order chi connectivity index (χ0) is 10.7. The van der Waals surface area contributed by atoms with Gasteiger partial charge in [-0.1, -0.05) is 30.3 Å². The van der Waals surface area contributed by atoms with Gasteiger partial charge in [-0.3, -0.25) is 0 Å². The highest BCUT2D eigenvalue weighted by atomic mass is 16.5. The van der Waals surface area contributed by atoms with Gasteiger partial charge in [-0.05, 0) is 5.56 Å². The Morgan fingerprint density at radius 3 is 2.60 bits per heavy atom. The van der Waals surface area contributed by atoms with Gasteiger partial charge in [-0.15, -0.1) is 0 Å². The third kappa shape index (κ3) is 1.88. The van der Waals surface area contributed by atoms with Gasteiger partial charge >= 0.3 is 0 Å². The van der Waals surface area contributed by atoms with Crippen molar-refractivity contribution in [1.29, 1.82) is 0 Å². The zero-order valence-corrected chi connectivity index (χ0v) is 8.34. The van der Waals surface area contributed by atoms with E-state index in [2.05, 4.69) is 9.97 Å². The van der Waals surface area contributed by atoms with E-state index in [1.807, 2.05) is 30.3 Å². The summed E-state index contributed by atoms with van der Waals surface area (Å²) < 4.78 is 5.15. The second-order valence-electron chi connectivity index (χ2n) is 3.02. The molecule has 2 aromatic rings. The van der Waals surface area contributed by atoms with E-state index >= 15 is 0 Å². The lowest BCUT2D eigenvalue weighted by Crippen LogP contribution is -1.99. The molecule has 4 heteroatoms. The number of ether oxygens (including phenoxy) is 1. The Morgan fingerprint density at radius 1 is 1.20 bits per heavy atom. The van der Waals surface area contributed by atoms with Crippen LogP contribution in [0.2, 0.25) is 0 Å². The first-order valence-corrected chi connectivity index (χ1v) is 4.53. The number of hydrogen-bond donors (Lipinski definition) is 1. The molecule has 0 radical (unpaired) electrons. The molecule has 2 rings (SSSR count). The number of nitrogens with zero attached hydrogens (tertiary/aromatic N) is 2. The molecule has 0 fully saturated rings. The Labute approximate surface area is 87.7 Å². The van der Waals surface area contributed by atoms with Crippen LogP contribution in [0.5, 0.6) is 5.88 Å². The summed E-state index contributed by atoms with van der Waals surface area (Å²) in [5.74, 6) is 0.709. The molecule has 0 saturated heterocycles. The highest BCUT2D eigenvalue weighted by Crippen LogP contribution is 2.27. The molecule has 0 aliphatic heterocycles. The van der Waals surface area contributed by atoms with Gasteiger partial charge in [0, 0.05) is 6.20 Å². The van der Waals surface area contributed by atoms with Crippen LogP contribution in [0.1, 0.15) is 0 Å². The first kappa shape index (κ1) is 9.45. The van der Waals surface area contributed by atoms with Gasteiger partial charge in [0.25, 0.3) is 0 Å². The van der Waals surface area contributed by atoms with Gasteiger partial charge < -0.3 is 10.5 Å². The predicted octanol–water partition coefficient (Wildman–Crippen LogP) is 1.73. The van der Waals surface area contributed by atoms with Crippen molar-refractivity contribution in [3.05, 3.63) is 36.5 Å². The number of benzene rings is 1. The molecule has 0 amide bonds. The lowest BCUT2D eigenvalue weighted by atomic mass is 10.1. The van der Waals surface area contributed by atoms with Crippen LogP contribution in [-0.4, -0.2) is 17.1 Å². The largest absolute Gasteiger partial charge is 0.480 e. The van der Waals surface area contributed by atoms with Crippen LogP contribution in [0.3, 0.4) is 0 Å². The number of aromatic nitrogens is 2. The topological polar surface area (TPSA) is 61.0 Å². The quantitative estimate of drug-likeness (QED) is 0.803. The molecule has 1 heterocycles. The first-order valence-electron chi connectivity index (χ1n) is 4.53. The summed E-state index contributed by atoms with van der Waals surface area (Å²) in [5.41, 5.74) is 7.33. The highest BCUT2D eigenvalue weighted by Gasteiger charge is 2.07. The summed E-state index contributed by atoms with van der Waals surface area (Å²) in [6.45, 7) is 0. The van der Waals surface area contributed by atoms with Crippen molar-refractivity contribution >= 4 is 5.95 Å². The summed E-state index contributed by atoms with van der Waals surface area (Å²) in [6, 6.07) is 9.79. The molecule has 0 spiro atoms. The Bertz CT molecular complexity index is 457. The van der Waals surface area contributed by atoms with E-state index in [-0.39, 0.29) is 5.95 Å². The van der Waals surface area contributed by atoms with Crippen LogP contribution in [0, 0.1) is 0 Å².